The third kappa shape index (κ3) is 4.51. The third-order valence-electron chi connectivity index (χ3n) is 6.53. The molecule has 1 saturated heterocycles. The van der Waals surface area contributed by atoms with Gasteiger partial charge in [-0.25, -0.2) is 13.4 Å². The monoisotopic (exact) mass is 489 g/mol. The van der Waals surface area contributed by atoms with Crippen molar-refractivity contribution in [3.63, 3.8) is 0 Å². The lowest BCUT2D eigenvalue weighted by Gasteiger charge is -2.41. The number of ether oxygens (including phenoxy) is 1. The Morgan fingerprint density at radius 3 is 2.67 bits per heavy atom. The zero-order valence-electron chi connectivity index (χ0n) is 19.0. The van der Waals surface area contributed by atoms with E-state index in [1.165, 1.54) is 6.20 Å². The summed E-state index contributed by atoms with van der Waals surface area (Å²) in [6, 6.07) is 7.55. The van der Waals surface area contributed by atoms with E-state index in [2.05, 4.69) is 16.8 Å². The molecule has 10 heteroatoms. The number of thiazole rings is 1. The number of nitrogens with two attached hydrogens (primary N) is 2. The lowest BCUT2D eigenvalue weighted by Crippen LogP contribution is -2.51. The van der Waals surface area contributed by atoms with Crippen molar-refractivity contribution in [3.8, 4) is 0 Å². The molecule has 8 nitrogen and oxygen atoms in total. The number of anilines is 1. The lowest BCUT2D eigenvalue weighted by atomic mass is 9.81. The van der Waals surface area contributed by atoms with Crippen LogP contribution in [0.25, 0.3) is 0 Å². The van der Waals surface area contributed by atoms with Crippen LogP contribution in [0.2, 0.25) is 0 Å². The predicted molar refractivity (Wildman–Crippen MR) is 132 cm³/mol. The molecule has 0 spiro atoms. The highest BCUT2D eigenvalue weighted by Gasteiger charge is 2.53. The molecule has 2 fully saturated rings. The molecule has 1 aliphatic heterocycles. The summed E-state index contributed by atoms with van der Waals surface area (Å²) in [4.78, 5) is 11.2. The van der Waals surface area contributed by atoms with E-state index in [0.717, 1.165) is 23.3 Å². The summed E-state index contributed by atoms with van der Waals surface area (Å²) in [5, 5.41) is 1.68. The van der Waals surface area contributed by atoms with Crippen molar-refractivity contribution < 1.29 is 13.2 Å². The van der Waals surface area contributed by atoms with Crippen LogP contribution in [0.15, 0.2) is 56.9 Å². The number of benzene rings is 1. The second-order valence-electron chi connectivity index (χ2n) is 8.70. The summed E-state index contributed by atoms with van der Waals surface area (Å²) >= 11 is 1.13. The summed E-state index contributed by atoms with van der Waals surface area (Å²) in [6.45, 7) is 5.88. The predicted octanol–water partition coefficient (Wildman–Crippen LogP) is 3.14. The van der Waals surface area contributed by atoms with Crippen LogP contribution in [0, 0.1) is 0 Å². The Morgan fingerprint density at radius 2 is 2.09 bits per heavy atom. The fourth-order valence-corrected chi connectivity index (χ4v) is 7.54. The van der Waals surface area contributed by atoms with Crippen molar-refractivity contribution in [2.24, 2.45) is 10.7 Å². The minimum atomic E-state index is -3.69. The molecule has 1 aliphatic carbocycles. The second kappa shape index (κ2) is 9.44. The number of hydrogen-bond acceptors (Lipinski definition) is 8. The highest BCUT2D eigenvalue weighted by atomic mass is 32.2. The topological polar surface area (TPSA) is 124 Å². The van der Waals surface area contributed by atoms with Gasteiger partial charge in [0.05, 0.1) is 25.3 Å². The standard InChI is InChI=1S/C23H31N5O3S2/c1-16-15-31-12-11-28(16)21(27-17(2)18-4-6-19(24)7-5-18)14-20(25)23(8-3-9-23)33(29,30)22-26-10-13-32-22/h4-7,10,13-14,16-17H,3,8-9,11-12,15,24-25H2,1-2H3/b20-14-,27-21+/t16-,17?/m0/s1. The van der Waals surface area contributed by atoms with Gasteiger partial charge in [-0.15, -0.1) is 11.3 Å². The molecular formula is C23H31N5O3S2. The van der Waals surface area contributed by atoms with E-state index in [1.54, 1.807) is 11.5 Å². The van der Waals surface area contributed by atoms with Crippen LogP contribution in [0.3, 0.4) is 0 Å². The van der Waals surface area contributed by atoms with Crippen molar-refractivity contribution in [1.29, 1.82) is 0 Å². The molecule has 1 saturated carbocycles. The summed E-state index contributed by atoms with van der Waals surface area (Å²) in [5.41, 5.74) is 14.5. The van der Waals surface area contributed by atoms with Gasteiger partial charge in [-0.3, -0.25) is 4.99 Å². The maximum atomic E-state index is 13.5. The van der Waals surface area contributed by atoms with Gasteiger partial charge in [-0.1, -0.05) is 12.1 Å². The van der Waals surface area contributed by atoms with E-state index in [4.69, 9.17) is 21.2 Å². The molecule has 2 aromatic rings. The Hall–Kier alpha value is -2.43. The molecule has 178 valence electrons. The molecule has 0 radical (unpaired) electrons. The van der Waals surface area contributed by atoms with Crippen molar-refractivity contribution in [2.75, 3.05) is 25.5 Å². The highest BCUT2D eigenvalue weighted by molar-refractivity contribution is 7.94. The molecule has 1 aromatic heterocycles. The third-order valence-corrected chi connectivity index (χ3v) is 10.3. The van der Waals surface area contributed by atoms with E-state index in [0.29, 0.717) is 49.8 Å². The first kappa shape index (κ1) is 23.7. The Bertz CT molecular complexity index is 1120. The van der Waals surface area contributed by atoms with Crippen LogP contribution in [-0.2, 0) is 14.6 Å². The van der Waals surface area contributed by atoms with Gasteiger partial charge in [0.25, 0.3) is 0 Å². The number of rotatable bonds is 6. The quantitative estimate of drug-likeness (QED) is 0.363. The van der Waals surface area contributed by atoms with Gasteiger partial charge in [-0.2, -0.15) is 0 Å². The Labute approximate surface area is 199 Å². The molecule has 2 heterocycles. The van der Waals surface area contributed by atoms with E-state index < -0.39 is 14.6 Å². The second-order valence-corrected chi connectivity index (χ2v) is 12.0. The zero-order valence-corrected chi connectivity index (χ0v) is 20.6. The van der Waals surface area contributed by atoms with Crippen molar-refractivity contribution in [2.45, 2.75) is 54.3 Å². The molecule has 1 aromatic carbocycles. The molecule has 2 atom stereocenters. The Kier molecular flexibility index (Phi) is 6.78. The largest absolute Gasteiger partial charge is 0.401 e. The number of aromatic nitrogens is 1. The van der Waals surface area contributed by atoms with Gasteiger partial charge in [0.1, 0.15) is 10.6 Å². The maximum Gasteiger partial charge on any atom is 0.216 e. The van der Waals surface area contributed by atoms with Gasteiger partial charge < -0.3 is 21.1 Å². The highest BCUT2D eigenvalue weighted by Crippen LogP contribution is 2.46. The van der Waals surface area contributed by atoms with Crippen molar-refractivity contribution in [1.82, 2.24) is 9.88 Å². The normalized spacial score (nSPS) is 22.6. The smallest absolute Gasteiger partial charge is 0.216 e. The number of hydrogen-bond donors (Lipinski definition) is 2. The van der Waals surface area contributed by atoms with Crippen LogP contribution in [-0.4, -0.2) is 54.7 Å². The van der Waals surface area contributed by atoms with Crippen LogP contribution in [0.1, 0.15) is 44.7 Å². The van der Waals surface area contributed by atoms with E-state index >= 15 is 0 Å². The average Bonchev–Trinajstić information content (AvgIpc) is 3.29. The Balaban J connectivity index is 1.74. The van der Waals surface area contributed by atoms with Gasteiger partial charge in [-0.05, 0) is 50.8 Å². The SMILES string of the molecule is CC(/N=C(\C=C(/N)C1(S(=O)(=O)c2nccs2)CCC1)N1CCOC[C@@H]1C)c1ccc(N)cc1. The molecule has 0 bridgehead atoms. The lowest BCUT2D eigenvalue weighted by molar-refractivity contribution is 0.0334. The number of sulfone groups is 1. The van der Waals surface area contributed by atoms with Gasteiger partial charge >= 0.3 is 0 Å². The van der Waals surface area contributed by atoms with Crippen LogP contribution in [0.5, 0.6) is 0 Å². The first-order valence-electron chi connectivity index (χ1n) is 11.1. The van der Waals surface area contributed by atoms with E-state index in [-0.39, 0.29) is 16.4 Å². The van der Waals surface area contributed by atoms with E-state index in [9.17, 15) is 8.42 Å². The van der Waals surface area contributed by atoms with E-state index in [1.807, 2.05) is 31.2 Å². The molecule has 1 unspecified atom stereocenters. The summed E-state index contributed by atoms with van der Waals surface area (Å²) in [7, 11) is -3.69. The fraction of sp³-hybridized carbons (Fsp3) is 0.478. The molecule has 4 rings (SSSR count). The first-order chi connectivity index (χ1) is 15.7. The number of aliphatic imine (C=N–C) groups is 1. The average molecular weight is 490 g/mol. The number of morpholine rings is 1. The van der Waals surface area contributed by atoms with Crippen molar-refractivity contribution in [3.05, 3.63) is 53.2 Å². The van der Waals surface area contributed by atoms with Crippen LogP contribution >= 0.6 is 11.3 Å². The molecular weight excluding hydrogens is 458 g/mol. The summed E-state index contributed by atoms with van der Waals surface area (Å²) in [6.07, 6.45) is 5.05. The summed E-state index contributed by atoms with van der Waals surface area (Å²) in [5.74, 6) is 0.674. The van der Waals surface area contributed by atoms with Gasteiger partial charge in [0.15, 0.2) is 0 Å². The van der Waals surface area contributed by atoms with Gasteiger partial charge in [0.2, 0.25) is 14.2 Å². The molecule has 4 N–H and O–H groups in total. The minimum absolute atomic E-state index is 0.0908. The van der Waals surface area contributed by atoms with Crippen LogP contribution in [0.4, 0.5) is 5.69 Å². The van der Waals surface area contributed by atoms with Gasteiger partial charge in [0, 0.05) is 35.6 Å². The zero-order chi connectivity index (χ0) is 23.6. The number of nitrogens with zero attached hydrogens (tertiary/aromatic N) is 3. The van der Waals surface area contributed by atoms with Crippen LogP contribution < -0.4 is 11.5 Å². The number of nitrogen functional groups attached to an aromatic ring is 1. The van der Waals surface area contributed by atoms with Crippen molar-refractivity contribution >= 4 is 32.7 Å². The minimum Gasteiger partial charge on any atom is -0.401 e. The molecule has 0 amide bonds. The first-order valence-corrected chi connectivity index (χ1v) is 13.5. The number of amidine groups is 1. The summed E-state index contributed by atoms with van der Waals surface area (Å²) < 4.78 is 31.5. The Morgan fingerprint density at radius 1 is 1.36 bits per heavy atom. The maximum absolute atomic E-state index is 13.5. The molecule has 2 aliphatic rings. The molecule has 33 heavy (non-hydrogen) atoms. The fourth-order valence-electron chi connectivity index (χ4n) is 4.30.